The molecular weight excluding hydrogens is 247 g/mol. The number of hydrogen-bond donors (Lipinski definition) is 1. The molecule has 11 heavy (non-hydrogen) atoms. The van der Waals surface area contributed by atoms with Crippen molar-refractivity contribution in [3.63, 3.8) is 0 Å². The predicted octanol–water partition coefficient (Wildman–Crippen LogP) is 2.80. The second-order valence-corrected chi connectivity index (χ2v) is 10.5. The van der Waals surface area contributed by atoms with Gasteiger partial charge < -0.3 is 0 Å². The van der Waals surface area contributed by atoms with Crippen molar-refractivity contribution < 1.29 is 8.48 Å². The first-order valence-electron chi connectivity index (χ1n) is 4.65. The molecule has 0 aromatic carbocycles. The van der Waals surface area contributed by atoms with Crippen LogP contribution < -0.4 is 0 Å². The van der Waals surface area contributed by atoms with Crippen LogP contribution in [0.5, 0.6) is 0 Å². The summed E-state index contributed by atoms with van der Waals surface area (Å²) in [6.07, 6.45) is 4.93. The standard InChI is InChI=1S/2C4H9.H2O2.Sn.H/c2*1-3-4-2;1-2;;/h2*1,3-4H2,2H3;1-2H;;/q;;;+1;/p-1. The summed E-state index contributed by atoms with van der Waals surface area (Å²) in [5, 5.41) is 8.57. The number of rotatable bonds is 7. The molecule has 0 aliphatic heterocycles. The van der Waals surface area contributed by atoms with E-state index in [9.17, 15) is 0 Å². The molecule has 0 radical (unpaired) electrons. The fraction of sp³-hybridized carbons (Fsp3) is 1.00. The molecule has 0 aromatic heterocycles. The average molecular weight is 267 g/mol. The Morgan fingerprint density at radius 1 is 1.09 bits per heavy atom. The third kappa shape index (κ3) is 7.09. The van der Waals surface area contributed by atoms with Crippen molar-refractivity contribution in [1.82, 2.24) is 0 Å². The first kappa shape index (κ1) is 11.7. The van der Waals surface area contributed by atoms with Gasteiger partial charge in [-0.05, 0) is 0 Å². The van der Waals surface area contributed by atoms with Crippen LogP contribution >= 0.6 is 0 Å². The molecule has 68 valence electrons. The molecular formula is C8H20O2Sn. The molecule has 2 nitrogen and oxygen atoms in total. The van der Waals surface area contributed by atoms with Gasteiger partial charge in [-0.1, -0.05) is 0 Å². The van der Waals surface area contributed by atoms with Gasteiger partial charge in [-0.15, -0.1) is 0 Å². The first-order chi connectivity index (χ1) is 5.35. The molecule has 0 bridgehead atoms. The number of hydrogen-bond acceptors (Lipinski definition) is 2. The van der Waals surface area contributed by atoms with E-state index < -0.39 is 20.2 Å². The van der Waals surface area contributed by atoms with Crippen molar-refractivity contribution in [2.75, 3.05) is 0 Å². The van der Waals surface area contributed by atoms with Crippen LogP contribution in [0.2, 0.25) is 8.87 Å². The topological polar surface area (TPSA) is 29.5 Å². The van der Waals surface area contributed by atoms with Gasteiger partial charge in [0.25, 0.3) is 0 Å². The summed E-state index contributed by atoms with van der Waals surface area (Å²) < 4.78 is 6.97. The van der Waals surface area contributed by atoms with E-state index in [4.69, 9.17) is 5.26 Å². The van der Waals surface area contributed by atoms with Crippen LogP contribution in [-0.4, -0.2) is 25.4 Å². The molecule has 0 aliphatic carbocycles. The molecule has 0 rings (SSSR count). The van der Waals surface area contributed by atoms with Crippen LogP contribution in [-0.2, 0) is 3.22 Å². The van der Waals surface area contributed by atoms with E-state index in [2.05, 4.69) is 17.1 Å². The fourth-order valence-corrected chi connectivity index (χ4v) is 7.47. The summed E-state index contributed by atoms with van der Waals surface area (Å²) in [5.74, 6) is 0. The predicted molar refractivity (Wildman–Crippen MR) is 50.3 cm³/mol. The Balaban J connectivity index is 3.25. The van der Waals surface area contributed by atoms with Crippen molar-refractivity contribution >= 4 is 20.2 Å². The van der Waals surface area contributed by atoms with Gasteiger partial charge in [-0.2, -0.15) is 0 Å². The molecule has 0 atom stereocenters. The van der Waals surface area contributed by atoms with E-state index in [1.54, 1.807) is 0 Å². The van der Waals surface area contributed by atoms with Gasteiger partial charge in [0.05, 0.1) is 0 Å². The van der Waals surface area contributed by atoms with Crippen LogP contribution in [0.3, 0.4) is 0 Å². The normalized spacial score (nSPS) is 10.9. The Morgan fingerprint density at radius 2 is 1.55 bits per heavy atom. The zero-order valence-corrected chi connectivity index (χ0v) is 11.0. The van der Waals surface area contributed by atoms with Gasteiger partial charge in [-0.3, -0.25) is 0 Å². The van der Waals surface area contributed by atoms with Crippen molar-refractivity contribution in [2.24, 2.45) is 0 Å². The van der Waals surface area contributed by atoms with Crippen molar-refractivity contribution in [3.05, 3.63) is 0 Å². The van der Waals surface area contributed by atoms with Gasteiger partial charge in [-0.25, -0.2) is 0 Å². The van der Waals surface area contributed by atoms with Crippen LogP contribution in [0.1, 0.15) is 39.5 Å². The molecule has 0 aromatic rings. The molecule has 0 fully saturated rings. The summed E-state index contributed by atoms with van der Waals surface area (Å²) in [6.45, 7) is 4.36. The Morgan fingerprint density at radius 3 is 1.82 bits per heavy atom. The van der Waals surface area contributed by atoms with Crippen LogP contribution in [0, 0.1) is 0 Å². The second kappa shape index (κ2) is 8.81. The molecule has 0 saturated carbocycles. The SMILES string of the molecule is CCC[CH2][SnH]([CH2]CCC)[O]O. The summed E-state index contributed by atoms with van der Waals surface area (Å²) >= 11 is -1.84. The molecule has 3 heteroatoms. The van der Waals surface area contributed by atoms with Gasteiger partial charge in [0, 0.05) is 0 Å². The molecule has 0 aliphatic rings. The maximum atomic E-state index is 8.57. The third-order valence-corrected chi connectivity index (χ3v) is 8.77. The summed E-state index contributed by atoms with van der Waals surface area (Å²) in [5.41, 5.74) is 0. The monoisotopic (exact) mass is 268 g/mol. The van der Waals surface area contributed by atoms with Crippen LogP contribution in [0.4, 0.5) is 0 Å². The summed E-state index contributed by atoms with van der Waals surface area (Å²) in [6, 6.07) is 0. The zero-order chi connectivity index (χ0) is 8.53. The molecule has 0 amide bonds. The minimum absolute atomic E-state index is 1.20. The Kier molecular flexibility index (Phi) is 9.39. The summed E-state index contributed by atoms with van der Waals surface area (Å²) in [4.78, 5) is 0. The third-order valence-electron chi connectivity index (χ3n) is 1.91. The molecule has 0 spiro atoms. The molecule has 0 saturated heterocycles. The minimum atomic E-state index is -1.84. The molecule has 1 N–H and O–H groups in total. The van der Waals surface area contributed by atoms with Crippen molar-refractivity contribution in [2.45, 2.75) is 48.4 Å². The quantitative estimate of drug-likeness (QED) is 0.436. The van der Waals surface area contributed by atoms with Crippen LogP contribution in [0.15, 0.2) is 0 Å². The van der Waals surface area contributed by atoms with E-state index in [-0.39, 0.29) is 0 Å². The van der Waals surface area contributed by atoms with E-state index in [0.29, 0.717) is 0 Å². The maximum absolute atomic E-state index is 8.57. The molecule has 0 heterocycles. The fourth-order valence-electron chi connectivity index (χ4n) is 1.11. The van der Waals surface area contributed by atoms with E-state index in [1.807, 2.05) is 0 Å². The van der Waals surface area contributed by atoms with Crippen molar-refractivity contribution in [1.29, 1.82) is 0 Å². The van der Waals surface area contributed by atoms with Gasteiger partial charge in [0.2, 0.25) is 0 Å². The Bertz CT molecular complexity index is 70.5. The second-order valence-electron chi connectivity index (χ2n) is 3.01. The van der Waals surface area contributed by atoms with Gasteiger partial charge in [0.1, 0.15) is 0 Å². The number of unbranched alkanes of at least 4 members (excludes halogenated alkanes) is 2. The van der Waals surface area contributed by atoms with Crippen molar-refractivity contribution in [3.8, 4) is 0 Å². The van der Waals surface area contributed by atoms with E-state index in [1.165, 1.54) is 34.6 Å². The molecule has 0 unspecified atom stereocenters. The zero-order valence-electron chi connectivity index (χ0n) is 7.68. The van der Waals surface area contributed by atoms with E-state index >= 15 is 0 Å². The summed E-state index contributed by atoms with van der Waals surface area (Å²) in [7, 11) is 0. The Hall–Kier alpha value is 0.719. The average Bonchev–Trinajstić information content (AvgIpc) is 2.05. The Labute approximate surface area is 77.2 Å². The van der Waals surface area contributed by atoms with E-state index in [0.717, 1.165) is 0 Å². The van der Waals surface area contributed by atoms with Gasteiger partial charge in [0.15, 0.2) is 0 Å². The first-order valence-corrected chi connectivity index (χ1v) is 10.7. The van der Waals surface area contributed by atoms with Gasteiger partial charge >= 0.3 is 77.1 Å². The van der Waals surface area contributed by atoms with Crippen LogP contribution in [0.25, 0.3) is 0 Å².